The summed E-state index contributed by atoms with van der Waals surface area (Å²) in [5.41, 5.74) is 5.75. The van der Waals surface area contributed by atoms with E-state index in [2.05, 4.69) is 71.9 Å². The third-order valence-electron chi connectivity index (χ3n) is 6.62. The standard InChI is InChI=1S/C24H30N2OS/c1-3-27-21-9-5-4-7-17(21)18-10-11-22-23-19(8-6-16-28-22)20-12-13-25(2)14-15-26(20)24(18)23/h4-5,7,9-11,19-20H,3,6,8,12-16H2,1-2H3. The number of nitrogens with zero attached hydrogens (tertiary/aromatic N) is 2. The van der Waals surface area contributed by atoms with Crippen LogP contribution in [0.5, 0.6) is 5.75 Å². The molecule has 3 heterocycles. The lowest BCUT2D eigenvalue weighted by atomic mass is 9.88. The van der Waals surface area contributed by atoms with Gasteiger partial charge < -0.3 is 14.5 Å². The van der Waals surface area contributed by atoms with Gasteiger partial charge in [0, 0.05) is 46.8 Å². The molecule has 2 aromatic carbocycles. The number of fused-ring (bicyclic) bond motifs is 3. The molecular formula is C24H30N2OS. The molecule has 1 fully saturated rings. The Morgan fingerprint density at radius 3 is 2.82 bits per heavy atom. The summed E-state index contributed by atoms with van der Waals surface area (Å²) in [5.74, 6) is 2.95. The Balaban J connectivity index is 1.70. The molecule has 2 unspecified atom stereocenters. The molecule has 5 rings (SSSR count). The zero-order chi connectivity index (χ0) is 19.1. The average Bonchev–Trinajstić information content (AvgIpc) is 2.85. The second-order valence-corrected chi connectivity index (χ2v) is 9.39. The van der Waals surface area contributed by atoms with Gasteiger partial charge in [-0.25, -0.2) is 0 Å². The van der Waals surface area contributed by atoms with E-state index >= 15 is 0 Å². The maximum absolute atomic E-state index is 6.02. The van der Waals surface area contributed by atoms with Crippen molar-refractivity contribution in [2.75, 3.05) is 43.9 Å². The maximum atomic E-state index is 6.02. The highest BCUT2D eigenvalue weighted by Crippen LogP contribution is 2.55. The van der Waals surface area contributed by atoms with Crippen LogP contribution in [0.1, 0.15) is 37.7 Å². The molecule has 2 atom stereocenters. The third kappa shape index (κ3) is 3.02. The number of hydrogen-bond donors (Lipinski definition) is 0. The van der Waals surface area contributed by atoms with E-state index in [-0.39, 0.29) is 0 Å². The summed E-state index contributed by atoms with van der Waals surface area (Å²) < 4.78 is 6.02. The summed E-state index contributed by atoms with van der Waals surface area (Å²) in [4.78, 5) is 6.79. The van der Waals surface area contributed by atoms with Crippen molar-refractivity contribution in [1.82, 2.24) is 4.90 Å². The molecule has 0 radical (unpaired) electrons. The van der Waals surface area contributed by atoms with Gasteiger partial charge in [-0.05, 0) is 63.2 Å². The molecule has 0 bridgehead atoms. The summed E-state index contributed by atoms with van der Waals surface area (Å²) >= 11 is 2.07. The summed E-state index contributed by atoms with van der Waals surface area (Å²) in [6.07, 6.45) is 3.93. The minimum absolute atomic E-state index is 0.651. The van der Waals surface area contributed by atoms with Crippen LogP contribution >= 0.6 is 11.8 Å². The first-order valence-electron chi connectivity index (χ1n) is 10.7. The molecule has 0 amide bonds. The highest BCUT2D eigenvalue weighted by Gasteiger charge is 2.43. The van der Waals surface area contributed by atoms with E-state index in [0.29, 0.717) is 18.6 Å². The number of likely N-dealkylation sites (N-methyl/N-ethyl adjacent to an activating group) is 1. The summed E-state index contributed by atoms with van der Waals surface area (Å²) in [6, 6.07) is 14.0. The summed E-state index contributed by atoms with van der Waals surface area (Å²) in [5, 5.41) is 0. The summed E-state index contributed by atoms with van der Waals surface area (Å²) in [7, 11) is 2.27. The van der Waals surface area contributed by atoms with Gasteiger partial charge in [-0.1, -0.05) is 24.3 Å². The van der Waals surface area contributed by atoms with Gasteiger partial charge >= 0.3 is 0 Å². The summed E-state index contributed by atoms with van der Waals surface area (Å²) in [6.45, 7) is 6.25. The third-order valence-corrected chi connectivity index (χ3v) is 7.78. The van der Waals surface area contributed by atoms with Gasteiger partial charge in [0.1, 0.15) is 5.75 Å². The van der Waals surface area contributed by atoms with E-state index in [1.807, 2.05) is 0 Å². The molecule has 148 valence electrons. The zero-order valence-electron chi connectivity index (χ0n) is 17.0. The van der Waals surface area contributed by atoms with Crippen LogP contribution in [0.2, 0.25) is 0 Å². The number of ether oxygens (including phenoxy) is 1. The fourth-order valence-corrected chi connectivity index (χ4v) is 6.44. The van der Waals surface area contributed by atoms with E-state index < -0.39 is 0 Å². The van der Waals surface area contributed by atoms with Crippen LogP contribution < -0.4 is 9.64 Å². The van der Waals surface area contributed by atoms with Gasteiger partial charge in [0.05, 0.1) is 6.61 Å². The molecular weight excluding hydrogens is 364 g/mol. The number of hydrogen-bond acceptors (Lipinski definition) is 4. The molecule has 3 aliphatic rings. The Hall–Kier alpha value is -1.65. The zero-order valence-corrected chi connectivity index (χ0v) is 17.8. The second-order valence-electron chi connectivity index (χ2n) is 8.25. The van der Waals surface area contributed by atoms with E-state index in [1.165, 1.54) is 53.3 Å². The normalized spacial score (nSPS) is 24.3. The topological polar surface area (TPSA) is 15.7 Å². The minimum atomic E-state index is 0.651. The molecule has 3 aliphatic heterocycles. The minimum Gasteiger partial charge on any atom is -0.493 e. The van der Waals surface area contributed by atoms with Crippen LogP contribution in [0.25, 0.3) is 11.1 Å². The Bertz CT molecular complexity index is 868. The van der Waals surface area contributed by atoms with Crippen molar-refractivity contribution < 1.29 is 4.74 Å². The van der Waals surface area contributed by atoms with Gasteiger partial charge in [-0.3, -0.25) is 0 Å². The van der Waals surface area contributed by atoms with Crippen LogP contribution in [0.3, 0.4) is 0 Å². The van der Waals surface area contributed by atoms with E-state index in [0.717, 1.165) is 18.8 Å². The van der Waals surface area contributed by atoms with Crippen molar-refractivity contribution >= 4 is 17.4 Å². The van der Waals surface area contributed by atoms with Crippen molar-refractivity contribution in [3.8, 4) is 16.9 Å². The van der Waals surface area contributed by atoms with Gasteiger partial charge in [0.2, 0.25) is 0 Å². The van der Waals surface area contributed by atoms with Crippen molar-refractivity contribution in [2.45, 2.75) is 43.0 Å². The van der Waals surface area contributed by atoms with Gasteiger partial charge in [-0.15, -0.1) is 11.8 Å². The highest BCUT2D eigenvalue weighted by atomic mass is 32.2. The van der Waals surface area contributed by atoms with E-state index in [1.54, 1.807) is 5.56 Å². The number of anilines is 1. The van der Waals surface area contributed by atoms with Crippen LogP contribution in [-0.2, 0) is 0 Å². The van der Waals surface area contributed by atoms with Crippen LogP contribution in [0.15, 0.2) is 41.3 Å². The van der Waals surface area contributed by atoms with Crippen molar-refractivity contribution in [3.05, 3.63) is 42.0 Å². The molecule has 0 aliphatic carbocycles. The predicted molar refractivity (Wildman–Crippen MR) is 119 cm³/mol. The van der Waals surface area contributed by atoms with Crippen LogP contribution in [-0.4, -0.2) is 50.0 Å². The molecule has 0 N–H and O–H groups in total. The van der Waals surface area contributed by atoms with Crippen molar-refractivity contribution in [3.63, 3.8) is 0 Å². The maximum Gasteiger partial charge on any atom is 0.127 e. The van der Waals surface area contributed by atoms with Gasteiger partial charge in [0.15, 0.2) is 0 Å². The Morgan fingerprint density at radius 2 is 1.93 bits per heavy atom. The van der Waals surface area contributed by atoms with Gasteiger partial charge in [0.25, 0.3) is 0 Å². The molecule has 0 aromatic heterocycles. The fourth-order valence-electron chi connectivity index (χ4n) is 5.35. The lowest BCUT2D eigenvalue weighted by molar-refractivity contribution is 0.341. The van der Waals surface area contributed by atoms with Crippen LogP contribution in [0.4, 0.5) is 5.69 Å². The molecule has 1 saturated heterocycles. The first kappa shape index (κ1) is 18.4. The first-order chi connectivity index (χ1) is 13.8. The lowest BCUT2D eigenvalue weighted by Gasteiger charge is -2.29. The molecule has 3 nitrogen and oxygen atoms in total. The Kier molecular flexibility index (Phi) is 5.02. The first-order valence-corrected chi connectivity index (χ1v) is 11.7. The number of thioether (sulfide) groups is 1. The molecule has 0 spiro atoms. The van der Waals surface area contributed by atoms with Crippen LogP contribution in [0, 0.1) is 0 Å². The lowest BCUT2D eigenvalue weighted by Crippen LogP contribution is -2.35. The highest BCUT2D eigenvalue weighted by molar-refractivity contribution is 7.99. The SMILES string of the molecule is CCOc1ccccc1-c1ccc2c3c1N1CCN(C)CCC1C3CCCS2. The molecule has 0 saturated carbocycles. The molecule has 4 heteroatoms. The molecule has 28 heavy (non-hydrogen) atoms. The van der Waals surface area contributed by atoms with Crippen molar-refractivity contribution in [1.29, 1.82) is 0 Å². The average molecular weight is 395 g/mol. The van der Waals surface area contributed by atoms with E-state index in [4.69, 9.17) is 4.74 Å². The predicted octanol–water partition coefficient (Wildman–Crippen LogP) is 5.25. The monoisotopic (exact) mass is 394 g/mol. The molecule has 2 aromatic rings. The van der Waals surface area contributed by atoms with Gasteiger partial charge in [-0.2, -0.15) is 0 Å². The van der Waals surface area contributed by atoms with Crippen molar-refractivity contribution in [2.24, 2.45) is 0 Å². The smallest absolute Gasteiger partial charge is 0.127 e. The number of rotatable bonds is 3. The Labute approximate surface area is 173 Å². The van der Waals surface area contributed by atoms with E-state index in [9.17, 15) is 0 Å². The second kappa shape index (κ2) is 7.64. The number of para-hydroxylation sites is 1. The fraction of sp³-hybridized carbons (Fsp3) is 0.500. The quantitative estimate of drug-likeness (QED) is 0.706. The largest absolute Gasteiger partial charge is 0.493 e. The Morgan fingerprint density at radius 1 is 1.04 bits per heavy atom. The number of benzene rings is 2.